The Balaban J connectivity index is 2.86. The molecule has 11 heavy (non-hydrogen) atoms. The van der Waals surface area contributed by atoms with E-state index in [1.165, 1.54) is 0 Å². The van der Waals surface area contributed by atoms with Crippen LogP contribution in [0.1, 0.15) is 11.4 Å². The van der Waals surface area contributed by atoms with E-state index in [-0.39, 0.29) is 0 Å². The Morgan fingerprint density at radius 3 is 2.91 bits per heavy atom. The van der Waals surface area contributed by atoms with Crippen molar-refractivity contribution in [3.05, 3.63) is 17.5 Å². The Labute approximate surface area is 63.6 Å². The smallest absolute Gasteiger partial charge is 0.134 e. The molecule has 0 atom stereocenters. The molecular weight excluding hydrogens is 140 g/mol. The Hall–Kier alpha value is -1.45. The third-order valence-electron chi connectivity index (χ3n) is 1.60. The molecule has 1 N–H and O–H groups in total. The highest BCUT2D eigenvalue weighted by molar-refractivity contribution is 5.75. The number of hydrogen-bond acceptors (Lipinski definition) is 3. The standard InChI is InChI=1S/C7H8N4/c1-4-3-6-7(11-8-4)5(2)9-10-6/h3H,1-2H3,(H,9,10). The molecule has 0 saturated heterocycles. The molecule has 0 spiro atoms. The van der Waals surface area contributed by atoms with Crippen LogP contribution in [0.3, 0.4) is 0 Å². The molecule has 0 aromatic carbocycles. The van der Waals surface area contributed by atoms with Gasteiger partial charge in [0, 0.05) is 0 Å². The molecule has 0 amide bonds. The summed E-state index contributed by atoms with van der Waals surface area (Å²) in [6, 6.07) is 1.91. The van der Waals surface area contributed by atoms with Crippen LogP contribution in [-0.2, 0) is 0 Å². The third-order valence-corrected chi connectivity index (χ3v) is 1.60. The highest BCUT2D eigenvalue weighted by atomic mass is 15.2. The molecule has 0 bridgehead atoms. The lowest BCUT2D eigenvalue weighted by molar-refractivity contribution is 1.01. The van der Waals surface area contributed by atoms with Crippen molar-refractivity contribution in [2.24, 2.45) is 0 Å². The van der Waals surface area contributed by atoms with Gasteiger partial charge >= 0.3 is 0 Å². The van der Waals surface area contributed by atoms with Gasteiger partial charge in [-0.25, -0.2) is 0 Å². The van der Waals surface area contributed by atoms with Crippen molar-refractivity contribution in [3.63, 3.8) is 0 Å². The lowest BCUT2D eigenvalue weighted by Gasteiger charge is -1.88. The van der Waals surface area contributed by atoms with Crippen molar-refractivity contribution in [2.45, 2.75) is 13.8 Å². The van der Waals surface area contributed by atoms with E-state index >= 15 is 0 Å². The van der Waals surface area contributed by atoms with Gasteiger partial charge in [-0.2, -0.15) is 10.2 Å². The second kappa shape index (κ2) is 2.02. The molecule has 0 saturated carbocycles. The van der Waals surface area contributed by atoms with E-state index in [0.29, 0.717) is 0 Å². The van der Waals surface area contributed by atoms with Crippen LogP contribution in [0.5, 0.6) is 0 Å². The summed E-state index contributed by atoms with van der Waals surface area (Å²) < 4.78 is 0. The monoisotopic (exact) mass is 148 g/mol. The number of fused-ring (bicyclic) bond motifs is 1. The van der Waals surface area contributed by atoms with E-state index < -0.39 is 0 Å². The largest absolute Gasteiger partial charge is 0.280 e. The van der Waals surface area contributed by atoms with E-state index in [1.54, 1.807) is 0 Å². The number of aromatic nitrogens is 4. The molecule has 0 aliphatic rings. The molecule has 0 unspecified atom stereocenters. The fourth-order valence-corrected chi connectivity index (χ4v) is 1.02. The molecule has 0 radical (unpaired) electrons. The van der Waals surface area contributed by atoms with Crippen LogP contribution >= 0.6 is 0 Å². The first-order chi connectivity index (χ1) is 5.27. The van der Waals surface area contributed by atoms with Gasteiger partial charge in [-0.3, -0.25) is 5.10 Å². The highest BCUT2D eigenvalue weighted by Gasteiger charge is 2.01. The van der Waals surface area contributed by atoms with Gasteiger partial charge in [-0.15, -0.1) is 5.10 Å². The zero-order valence-corrected chi connectivity index (χ0v) is 6.42. The number of nitrogens with zero attached hydrogens (tertiary/aromatic N) is 3. The molecule has 2 aromatic heterocycles. The number of aryl methyl sites for hydroxylation is 2. The van der Waals surface area contributed by atoms with Crippen molar-refractivity contribution in [3.8, 4) is 0 Å². The maximum Gasteiger partial charge on any atom is 0.134 e. The van der Waals surface area contributed by atoms with Crippen molar-refractivity contribution >= 4 is 11.0 Å². The minimum absolute atomic E-state index is 0.857. The predicted octanol–water partition coefficient (Wildman–Crippen LogP) is 0.970. The van der Waals surface area contributed by atoms with E-state index in [4.69, 9.17) is 0 Å². The minimum atomic E-state index is 0.857. The van der Waals surface area contributed by atoms with Gasteiger partial charge in [0.1, 0.15) is 11.0 Å². The lowest BCUT2D eigenvalue weighted by atomic mass is 10.3. The average molecular weight is 148 g/mol. The Morgan fingerprint density at radius 1 is 1.27 bits per heavy atom. The first-order valence-corrected chi connectivity index (χ1v) is 3.42. The number of aromatic amines is 1. The van der Waals surface area contributed by atoms with E-state index in [0.717, 1.165) is 22.4 Å². The minimum Gasteiger partial charge on any atom is -0.280 e. The summed E-state index contributed by atoms with van der Waals surface area (Å²) in [6.45, 7) is 3.83. The van der Waals surface area contributed by atoms with Crippen LogP contribution in [0.2, 0.25) is 0 Å². The Morgan fingerprint density at radius 2 is 2.09 bits per heavy atom. The maximum absolute atomic E-state index is 4.05. The van der Waals surface area contributed by atoms with Gasteiger partial charge in [0.2, 0.25) is 0 Å². The predicted molar refractivity (Wildman–Crippen MR) is 41.2 cm³/mol. The normalized spacial score (nSPS) is 10.7. The first kappa shape index (κ1) is 6.27. The molecule has 2 heterocycles. The summed E-state index contributed by atoms with van der Waals surface area (Å²) >= 11 is 0. The molecule has 4 nitrogen and oxygen atoms in total. The van der Waals surface area contributed by atoms with Crippen LogP contribution in [0, 0.1) is 13.8 Å². The van der Waals surface area contributed by atoms with Gasteiger partial charge in [0.05, 0.1) is 11.4 Å². The first-order valence-electron chi connectivity index (χ1n) is 3.42. The summed E-state index contributed by atoms with van der Waals surface area (Å²) in [5.41, 5.74) is 3.60. The van der Waals surface area contributed by atoms with Crippen molar-refractivity contribution in [1.82, 2.24) is 20.4 Å². The van der Waals surface area contributed by atoms with Crippen LogP contribution < -0.4 is 0 Å². The lowest BCUT2D eigenvalue weighted by Crippen LogP contribution is -1.85. The van der Waals surface area contributed by atoms with E-state index in [9.17, 15) is 0 Å². The molecule has 4 heteroatoms. The van der Waals surface area contributed by atoms with E-state index in [2.05, 4.69) is 20.4 Å². The second-order valence-electron chi connectivity index (χ2n) is 2.57. The van der Waals surface area contributed by atoms with Crippen molar-refractivity contribution in [2.75, 3.05) is 0 Å². The summed E-state index contributed by atoms with van der Waals surface area (Å²) in [7, 11) is 0. The van der Waals surface area contributed by atoms with Crippen LogP contribution in [0.4, 0.5) is 0 Å². The SMILES string of the molecule is Cc1cc2n[nH]c(C)c2nn1. The fourth-order valence-electron chi connectivity index (χ4n) is 1.02. The second-order valence-corrected chi connectivity index (χ2v) is 2.57. The molecule has 0 aliphatic heterocycles. The van der Waals surface area contributed by atoms with E-state index in [1.807, 2.05) is 19.9 Å². The van der Waals surface area contributed by atoms with Crippen molar-refractivity contribution < 1.29 is 0 Å². The van der Waals surface area contributed by atoms with Gasteiger partial charge in [0.25, 0.3) is 0 Å². The van der Waals surface area contributed by atoms with Gasteiger partial charge in [-0.05, 0) is 19.9 Å². The summed E-state index contributed by atoms with van der Waals surface area (Å²) in [6.07, 6.45) is 0. The molecular formula is C7H8N4. The molecule has 2 aromatic rings. The zero-order chi connectivity index (χ0) is 7.84. The van der Waals surface area contributed by atoms with Gasteiger partial charge in [-0.1, -0.05) is 0 Å². The maximum atomic E-state index is 4.05. The number of H-pyrrole nitrogens is 1. The molecule has 2 rings (SSSR count). The summed E-state index contributed by atoms with van der Waals surface area (Å²) in [5, 5.41) is 14.8. The van der Waals surface area contributed by atoms with Gasteiger partial charge in [0.15, 0.2) is 0 Å². The number of hydrogen-bond donors (Lipinski definition) is 1. The molecule has 56 valence electrons. The molecule has 0 aliphatic carbocycles. The van der Waals surface area contributed by atoms with Crippen LogP contribution in [-0.4, -0.2) is 20.4 Å². The van der Waals surface area contributed by atoms with Crippen molar-refractivity contribution in [1.29, 1.82) is 0 Å². The Kier molecular flexibility index (Phi) is 1.15. The topological polar surface area (TPSA) is 54.5 Å². The van der Waals surface area contributed by atoms with Crippen LogP contribution in [0.15, 0.2) is 6.07 Å². The Bertz CT molecular complexity index is 390. The zero-order valence-electron chi connectivity index (χ0n) is 6.42. The summed E-state index contributed by atoms with van der Waals surface area (Å²) in [5.74, 6) is 0. The third kappa shape index (κ3) is 0.869. The summed E-state index contributed by atoms with van der Waals surface area (Å²) in [4.78, 5) is 0. The fraction of sp³-hybridized carbons (Fsp3) is 0.286. The molecule has 0 fully saturated rings. The highest BCUT2D eigenvalue weighted by Crippen LogP contribution is 2.10. The van der Waals surface area contributed by atoms with Gasteiger partial charge < -0.3 is 0 Å². The quantitative estimate of drug-likeness (QED) is 0.605. The van der Waals surface area contributed by atoms with Crippen LogP contribution in [0.25, 0.3) is 11.0 Å². The number of nitrogens with one attached hydrogen (secondary N) is 1. The number of rotatable bonds is 0. The average Bonchev–Trinajstić information content (AvgIpc) is 2.32.